The third kappa shape index (κ3) is 3.50. The smallest absolute Gasteiger partial charge is 0.355 e. The molecule has 0 aliphatic carbocycles. The SMILES string of the molecule is Cc1sc(C(C)NC(=O)c2cc(F)c(F)c(F)c2)nc1C(=O)O. The summed E-state index contributed by atoms with van der Waals surface area (Å²) in [5.41, 5.74) is -0.509. The normalized spacial score (nSPS) is 12.0. The molecule has 1 atom stereocenters. The van der Waals surface area contributed by atoms with Crippen molar-refractivity contribution in [2.24, 2.45) is 0 Å². The van der Waals surface area contributed by atoms with Crippen LogP contribution in [-0.4, -0.2) is 22.0 Å². The number of carboxylic acids is 1. The maximum atomic E-state index is 13.1. The Labute approximate surface area is 132 Å². The first kappa shape index (κ1) is 16.9. The molecule has 0 saturated heterocycles. The van der Waals surface area contributed by atoms with E-state index >= 15 is 0 Å². The minimum absolute atomic E-state index is 0.120. The molecular formula is C14H11F3N2O3S. The Bertz CT molecular complexity index is 769. The van der Waals surface area contributed by atoms with E-state index in [4.69, 9.17) is 5.11 Å². The molecule has 2 aromatic rings. The highest BCUT2D eigenvalue weighted by molar-refractivity contribution is 7.11. The third-order valence-corrected chi connectivity index (χ3v) is 4.13. The highest BCUT2D eigenvalue weighted by Crippen LogP contribution is 2.23. The van der Waals surface area contributed by atoms with Crippen molar-refractivity contribution in [1.29, 1.82) is 0 Å². The van der Waals surface area contributed by atoms with E-state index < -0.39 is 35.4 Å². The van der Waals surface area contributed by atoms with E-state index in [1.807, 2.05) is 0 Å². The maximum absolute atomic E-state index is 13.1. The van der Waals surface area contributed by atoms with Crippen LogP contribution in [0.2, 0.25) is 0 Å². The van der Waals surface area contributed by atoms with Crippen molar-refractivity contribution in [1.82, 2.24) is 10.3 Å². The average molecular weight is 344 g/mol. The number of nitrogens with one attached hydrogen (secondary N) is 1. The predicted molar refractivity (Wildman–Crippen MR) is 76.0 cm³/mol. The molecule has 2 rings (SSSR count). The molecule has 1 amide bonds. The van der Waals surface area contributed by atoms with Gasteiger partial charge in [0.15, 0.2) is 23.1 Å². The number of hydrogen-bond donors (Lipinski definition) is 2. The molecule has 0 aliphatic heterocycles. The van der Waals surface area contributed by atoms with E-state index in [9.17, 15) is 22.8 Å². The first-order valence-corrected chi connectivity index (χ1v) is 7.18. The van der Waals surface area contributed by atoms with Gasteiger partial charge in [-0.1, -0.05) is 0 Å². The van der Waals surface area contributed by atoms with Crippen LogP contribution >= 0.6 is 11.3 Å². The van der Waals surface area contributed by atoms with Crippen LogP contribution < -0.4 is 5.32 Å². The van der Waals surface area contributed by atoms with Crippen LogP contribution in [0.3, 0.4) is 0 Å². The van der Waals surface area contributed by atoms with Gasteiger partial charge in [0, 0.05) is 10.4 Å². The van der Waals surface area contributed by atoms with Crippen molar-refractivity contribution in [2.75, 3.05) is 0 Å². The van der Waals surface area contributed by atoms with Crippen molar-refractivity contribution in [3.8, 4) is 0 Å². The minimum Gasteiger partial charge on any atom is -0.476 e. The molecule has 9 heteroatoms. The van der Waals surface area contributed by atoms with Crippen LogP contribution in [-0.2, 0) is 0 Å². The molecule has 1 heterocycles. The van der Waals surface area contributed by atoms with Gasteiger partial charge in [-0.25, -0.2) is 22.9 Å². The summed E-state index contributed by atoms with van der Waals surface area (Å²) < 4.78 is 39.1. The first-order chi connectivity index (χ1) is 10.7. The van der Waals surface area contributed by atoms with E-state index in [1.165, 1.54) is 6.92 Å². The molecule has 5 nitrogen and oxygen atoms in total. The molecule has 1 unspecified atom stereocenters. The number of aryl methyl sites for hydroxylation is 1. The summed E-state index contributed by atoms with van der Waals surface area (Å²) in [5, 5.41) is 11.7. The second kappa shape index (κ2) is 6.37. The highest BCUT2D eigenvalue weighted by atomic mass is 32.1. The standard InChI is InChI=1S/C14H11F3N2O3S/c1-5(13-19-11(14(21)22)6(2)23-13)18-12(20)7-3-8(15)10(17)9(16)4-7/h3-5H,1-2H3,(H,18,20)(H,21,22). The van der Waals surface area contributed by atoms with Crippen LogP contribution in [0.4, 0.5) is 13.2 Å². The molecule has 0 spiro atoms. The van der Waals surface area contributed by atoms with Gasteiger partial charge in [-0.05, 0) is 26.0 Å². The van der Waals surface area contributed by atoms with Gasteiger partial charge in [0.25, 0.3) is 5.91 Å². The van der Waals surface area contributed by atoms with Crippen LogP contribution in [0.1, 0.15) is 43.7 Å². The van der Waals surface area contributed by atoms with Gasteiger partial charge < -0.3 is 10.4 Å². The van der Waals surface area contributed by atoms with Gasteiger partial charge in [0.05, 0.1) is 6.04 Å². The number of hydrogen-bond acceptors (Lipinski definition) is 4. The summed E-state index contributed by atoms with van der Waals surface area (Å²) in [7, 11) is 0. The summed E-state index contributed by atoms with van der Waals surface area (Å²) in [6, 6.07) is 0.474. The van der Waals surface area contributed by atoms with Gasteiger partial charge in [0.2, 0.25) is 0 Å². The lowest BCUT2D eigenvalue weighted by molar-refractivity contribution is 0.0690. The number of thiazole rings is 1. The number of carbonyl (C=O) groups is 2. The number of carbonyl (C=O) groups excluding carboxylic acids is 1. The van der Waals surface area contributed by atoms with E-state index in [0.717, 1.165) is 11.3 Å². The Morgan fingerprint density at radius 3 is 2.30 bits per heavy atom. The van der Waals surface area contributed by atoms with Gasteiger partial charge in [-0.15, -0.1) is 11.3 Å². The topological polar surface area (TPSA) is 79.3 Å². The fraction of sp³-hybridized carbons (Fsp3) is 0.214. The zero-order valence-electron chi connectivity index (χ0n) is 12.0. The molecule has 122 valence electrons. The van der Waals surface area contributed by atoms with Gasteiger partial charge in [0.1, 0.15) is 5.01 Å². The number of benzene rings is 1. The summed E-state index contributed by atoms with van der Waals surface area (Å²) in [5.74, 6) is -6.62. The van der Waals surface area contributed by atoms with Gasteiger partial charge >= 0.3 is 5.97 Å². The third-order valence-electron chi connectivity index (χ3n) is 2.98. The van der Waals surface area contributed by atoms with E-state index in [2.05, 4.69) is 10.3 Å². The predicted octanol–water partition coefficient (Wildman–Crippen LogP) is 3.06. The number of halogens is 3. The van der Waals surface area contributed by atoms with Gasteiger partial charge in [-0.3, -0.25) is 4.79 Å². The lowest BCUT2D eigenvalue weighted by atomic mass is 10.2. The van der Waals surface area contributed by atoms with Crippen molar-refractivity contribution < 1.29 is 27.9 Å². The largest absolute Gasteiger partial charge is 0.476 e. The quantitative estimate of drug-likeness (QED) is 0.836. The van der Waals surface area contributed by atoms with Crippen LogP contribution in [0.15, 0.2) is 12.1 Å². The number of carboxylic acid groups (broad SMARTS) is 1. The second-order valence-electron chi connectivity index (χ2n) is 4.71. The highest BCUT2D eigenvalue weighted by Gasteiger charge is 2.21. The van der Waals surface area contributed by atoms with E-state index in [-0.39, 0.29) is 11.3 Å². The molecule has 1 aromatic heterocycles. The fourth-order valence-corrected chi connectivity index (χ4v) is 2.74. The molecule has 2 N–H and O–H groups in total. The van der Waals surface area contributed by atoms with E-state index in [0.29, 0.717) is 22.0 Å². The molecule has 0 aliphatic rings. The molecule has 0 saturated carbocycles. The van der Waals surface area contributed by atoms with Crippen LogP contribution in [0, 0.1) is 24.4 Å². The molecule has 1 aromatic carbocycles. The summed E-state index contributed by atoms with van der Waals surface area (Å²) in [4.78, 5) is 27.3. The zero-order chi connectivity index (χ0) is 17.3. The number of amides is 1. The minimum atomic E-state index is -1.66. The zero-order valence-corrected chi connectivity index (χ0v) is 12.8. The van der Waals surface area contributed by atoms with Gasteiger partial charge in [-0.2, -0.15) is 0 Å². The Balaban J connectivity index is 2.20. The van der Waals surface area contributed by atoms with Crippen LogP contribution in [0.5, 0.6) is 0 Å². The first-order valence-electron chi connectivity index (χ1n) is 6.36. The Morgan fingerprint density at radius 1 is 1.26 bits per heavy atom. The lowest BCUT2D eigenvalue weighted by Crippen LogP contribution is -2.27. The molecule has 0 fully saturated rings. The summed E-state index contributed by atoms with van der Waals surface area (Å²) in [6.07, 6.45) is 0. The van der Waals surface area contributed by atoms with Crippen molar-refractivity contribution in [3.63, 3.8) is 0 Å². The number of aromatic carboxylic acids is 1. The van der Waals surface area contributed by atoms with E-state index in [1.54, 1.807) is 6.92 Å². The summed E-state index contributed by atoms with van der Waals surface area (Å²) >= 11 is 1.08. The van der Waals surface area contributed by atoms with Crippen molar-refractivity contribution in [3.05, 3.63) is 50.7 Å². The maximum Gasteiger partial charge on any atom is 0.355 e. The Morgan fingerprint density at radius 2 is 1.83 bits per heavy atom. The van der Waals surface area contributed by atoms with Crippen molar-refractivity contribution >= 4 is 23.2 Å². The fourth-order valence-electron chi connectivity index (χ4n) is 1.83. The molecule has 23 heavy (non-hydrogen) atoms. The second-order valence-corrected chi connectivity index (χ2v) is 5.95. The number of rotatable bonds is 4. The molecule has 0 bridgehead atoms. The Hall–Kier alpha value is -2.42. The average Bonchev–Trinajstić information content (AvgIpc) is 2.86. The monoisotopic (exact) mass is 344 g/mol. The number of nitrogens with zero attached hydrogens (tertiary/aromatic N) is 1. The Kier molecular flexibility index (Phi) is 4.69. The van der Waals surface area contributed by atoms with Crippen LogP contribution in [0.25, 0.3) is 0 Å². The lowest BCUT2D eigenvalue weighted by Gasteiger charge is -2.11. The summed E-state index contributed by atoms with van der Waals surface area (Å²) in [6.45, 7) is 3.11. The molecule has 0 radical (unpaired) electrons. The number of aromatic nitrogens is 1. The molecular weight excluding hydrogens is 333 g/mol. The van der Waals surface area contributed by atoms with Crippen molar-refractivity contribution in [2.45, 2.75) is 19.9 Å².